The summed E-state index contributed by atoms with van der Waals surface area (Å²) in [5.74, 6) is -0.218. The van der Waals surface area contributed by atoms with Crippen molar-refractivity contribution in [2.45, 2.75) is 18.6 Å². The van der Waals surface area contributed by atoms with Gasteiger partial charge in [-0.3, -0.25) is 4.79 Å². The number of methoxy groups -OCH3 is 1. The number of thioether (sulfide) groups is 1. The summed E-state index contributed by atoms with van der Waals surface area (Å²) < 4.78 is 4.65. The van der Waals surface area contributed by atoms with Crippen molar-refractivity contribution in [1.82, 2.24) is 0 Å². The first-order chi connectivity index (χ1) is 9.08. The van der Waals surface area contributed by atoms with Crippen LogP contribution < -0.4 is 11.1 Å². The van der Waals surface area contributed by atoms with Crippen LogP contribution in [-0.4, -0.2) is 36.5 Å². The van der Waals surface area contributed by atoms with Crippen LogP contribution in [0.3, 0.4) is 0 Å². The third-order valence-corrected chi connectivity index (χ3v) is 4.51. The van der Waals surface area contributed by atoms with Crippen molar-refractivity contribution in [3.63, 3.8) is 0 Å². The predicted octanol–water partition coefficient (Wildman–Crippen LogP) is 1.94. The molecule has 1 aromatic rings. The van der Waals surface area contributed by atoms with Crippen molar-refractivity contribution in [2.75, 3.05) is 24.7 Å². The lowest BCUT2D eigenvalue weighted by Crippen LogP contribution is -2.18. The lowest BCUT2D eigenvalue weighted by molar-refractivity contribution is -0.113. The maximum absolute atomic E-state index is 11.8. The monoisotopic (exact) mass is 302 g/mol. The first kappa shape index (κ1) is 16.0. The molecule has 0 spiro atoms. The molecule has 0 aliphatic rings. The molecule has 19 heavy (non-hydrogen) atoms. The third-order valence-electron chi connectivity index (χ3n) is 2.38. The van der Waals surface area contributed by atoms with E-state index in [0.717, 1.165) is 6.42 Å². The highest BCUT2D eigenvalue weighted by Crippen LogP contribution is 2.23. The van der Waals surface area contributed by atoms with Crippen LogP contribution in [0.5, 0.6) is 0 Å². The molecule has 0 aliphatic carbocycles. The minimum atomic E-state index is -0.436. The molecule has 0 fully saturated rings. The van der Waals surface area contributed by atoms with E-state index < -0.39 is 5.97 Å². The number of nitrogens with one attached hydrogen (secondary N) is 1. The zero-order valence-electron chi connectivity index (χ0n) is 11.0. The van der Waals surface area contributed by atoms with E-state index in [-0.39, 0.29) is 5.91 Å². The number of amides is 1. The van der Waals surface area contributed by atoms with Crippen LogP contribution in [0.25, 0.3) is 0 Å². The van der Waals surface area contributed by atoms with Gasteiger partial charge in [0.05, 0.1) is 18.6 Å². The summed E-state index contributed by atoms with van der Waals surface area (Å²) in [5.41, 5.74) is 5.96. The van der Waals surface area contributed by atoms with Gasteiger partial charge in [0, 0.05) is 5.25 Å². The normalized spacial score (nSPS) is 11.9. The molecule has 0 radical (unpaired) electrons. The molecule has 0 bridgehead atoms. The van der Waals surface area contributed by atoms with E-state index in [0.29, 0.717) is 28.1 Å². The molecule has 1 aromatic heterocycles. The second-order valence-corrected chi connectivity index (χ2v) is 6.24. The summed E-state index contributed by atoms with van der Waals surface area (Å²) >= 11 is 2.79. The van der Waals surface area contributed by atoms with Gasteiger partial charge in [-0.05, 0) is 24.4 Å². The fourth-order valence-corrected chi connectivity index (χ4v) is 2.96. The standard InChI is InChI=1S/C12H18N2O3S2/c1-8(3-5-13)19-7-10(15)14-9-4-6-18-11(9)12(16)17-2/h4,6,8H,3,5,7,13H2,1-2H3,(H,14,15). The lowest BCUT2D eigenvalue weighted by Gasteiger charge is -2.09. The Morgan fingerprint density at radius 3 is 2.95 bits per heavy atom. The average molecular weight is 302 g/mol. The summed E-state index contributed by atoms with van der Waals surface area (Å²) in [6, 6.07) is 1.70. The molecule has 1 amide bonds. The molecule has 7 heteroatoms. The van der Waals surface area contributed by atoms with Crippen molar-refractivity contribution >= 4 is 40.7 Å². The zero-order valence-corrected chi connectivity index (χ0v) is 12.6. The van der Waals surface area contributed by atoms with Crippen molar-refractivity contribution in [2.24, 2.45) is 5.73 Å². The number of hydrogen-bond donors (Lipinski definition) is 2. The SMILES string of the molecule is COC(=O)c1sccc1NC(=O)CSC(C)CCN. The summed E-state index contributed by atoms with van der Waals surface area (Å²) in [6.07, 6.45) is 0.879. The van der Waals surface area contributed by atoms with Crippen molar-refractivity contribution in [3.8, 4) is 0 Å². The molecule has 0 aromatic carbocycles. The largest absolute Gasteiger partial charge is 0.465 e. The molecule has 1 heterocycles. The summed E-state index contributed by atoms with van der Waals surface area (Å²) in [7, 11) is 1.32. The maximum Gasteiger partial charge on any atom is 0.350 e. The van der Waals surface area contributed by atoms with E-state index in [2.05, 4.69) is 10.1 Å². The Balaban J connectivity index is 2.49. The summed E-state index contributed by atoms with van der Waals surface area (Å²) in [6.45, 7) is 2.65. The quantitative estimate of drug-likeness (QED) is 0.752. The average Bonchev–Trinajstić information content (AvgIpc) is 2.84. The number of carbonyl (C=O) groups is 2. The smallest absolute Gasteiger partial charge is 0.350 e. The van der Waals surface area contributed by atoms with E-state index >= 15 is 0 Å². The van der Waals surface area contributed by atoms with Crippen LogP contribution in [0.4, 0.5) is 5.69 Å². The van der Waals surface area contributed by atoms with Gasteiger partial charge in [0.25, 0.3) is 0 Å². The molecule has 106 valence electrons. The Morgan fingerprint density at radius 1 is 1.58 bits per heavy atom. The van der Waals surface area contributed by atoms with Gasteiger partial charge in [0.15, 0.2) is 0 Å². The van der Waals surface area contributed by atoms with Gasteiger partial charge in [0.1, 0.15) is 4.88 Å². The Bertz CT molecular complexity index is 434. The van der Waals surface area contributed by atoms with Crippen LogP contribution in [0.2, 0.25) is 0 Å². The molecule has 0 aliphatic heterocycles. The number of esters is 1. The molecule has 1 rings (SSSR count). The fraction of sp³-hybridized carbons (Fsp3) is 0.500. The van der Waals surface area contributed by atoms with Crippen molar-refractivity contribution < 1.29 is 14.3 Å². The molecule has 1 unspecified atom stereocenters. The van der Waals surface area contributed by atoms with Crippen molar-refractivity contribution in [3.05, 3.63) is 16.3 Å². The molecule has 0 saturated carbocycles. The van der Waals surface area contributed by atoms with Gasteiger partial charge < -0.3 is 15.8 Å². The van der Waals surface area contributed by atoms with E-state index in [4.69, 9.17) is 5.73 Å². The number of rotatable bonds is 7. The molecular formula is C12H18N2O3S2. The molecule has 1 atom stereocenters. The summed E-state index contributed by atoms with van der Waals surface area (Å²) in [4.78, 5) is 23.6. The first-order valence-electron chi connectivity index (χ1n) is 5.85. The molecule has 5 nitrogen and oxygen atoms in total. The number of nitrogens with two attached hydrogens (primary N) is 1. The Hall–Kier alpha value is -1.05. The summed E-state index contributed by atoms with van der Waals surface area (Å²) in [5, 5.41) is 4.81. The fourth-order valence-electron chi connectivity index (χ4n) is 1.38. The second kappa shape index (κ2) is 8.19. The molecule has 0 saturated heterocycles. The predicted molar refractivity (Wildman–Crippen MR) is 79.9 cm³/mol. The highest BCUT2D eigenvalue weighted by atomic mass is 32.2. The molecule has 3 N–H and O–H groups in total. The van der Waals surface area contributed by atoms with E-state index in [1.807, 2.05) is 6.92 Å². The number of hydrogen-bond acceptors (Lipinski definition) is 6. The van der Waals surface area contributed by atoms with Gasteiger partial charge in [-0.15, -0.1) is 23.1 Å². The van der Waals surface area contributed by atoms with Gasteiger partial charge in [-0.25, -0.2) is 4.79 Å². The van der Waals surface area contributed by atoms with Gasteiger partial charge >= 0.3 is 5.97 Å². The van der Waals surface area contributed by atoms with Gasteiger partial charge in [-0.1, -0.05) is 6.92 Å². The first-order valence-corrected chi connectivity index (χ1v) is 7.78. The van der Waals surface area contributed by atoms with E-state index in [9.17, 15) is 9.59 Å². The molecular weight excluding hydrogens is 284 g/mol. The minimum absolute atomic E-state index is 0.127. The Labute approximate surface area is 120 Å². The topological polar surface area (TPSA) is 81.4 Å². The highest BCUT2D eigenvalue weighted by Gasteiger charge is 2.15. The maximum atomic E-state index is 11.8. The number of thiophene rings is 1. The lowest BCUT2D eigenvalue weighted by atomic mass is 10.3. The second-order valence-electron chi connectivity index (χ2n) is 3.90. The van der Waals surface area contributed by atoms with E-state index in [1.165, 1.54) is 18.4 Å². The van der Waals surface area contributed by atoms with Crippen LogP contribution >= 0.6 is 23.1 Å². The minimum Gasteiger partial charge on any atom is -0.465 e. The highest BCUT2D eigenvalue weighted by molar-refractivity contribution is 8.00. The van der Waals surface area contributed by atoms with Crippen LogP contribution in [0.15, 0.2) is 11.4 Å². The Morgan fingerprint density at radius 2 is 2.32 bits per heavy atom. The number of ether oxygens (including phenoxy) is 1. The number of carbonyl (C=O) groups excluding carboxylic acids is 2. The van der Waals surface area contributed by atoms with Crippen LogP contribution in [0, 0.1) is 0 Å². The van der Waals surface area contributed by atoms with Crippen LogP contribution in [-0.2, 0) is 9.53 Å². The Kier molecular flexibility index (Phi) is 6.90. The van der Waals surface area contributed by atoms with Gasteiger partial charge in [-0.2, -0.15) is 0 Å². The van der Waals surface area contributed by atoms with Gasteiger partial charge in [0.2, 0.25) is 5.91 Å². The van der Waals surface area contributed by atoms with Crippen LogP contribution in [0.1, 0.15) is 23.0 Å². The number of anilines is 1. The van der Waals surface area contributed by atoms with Crippen molar-refractivity contribution in [1.29, 1.82) is 0 Å². The third kappa shape index (κ3) is 5.22. The van der Waals surface area contributed by atoms with E-state index in [1.54, 1.807) is 23.2 Å². The zero-order chi connectivity index (χ0) is 14.3.